The first kappa shape index (κ1) is 13.3. The van der Waals surface area contributed by atoms with Gasteiger partial charge in [0.1, 0.15) is 9.86 Å². The average Bonchev–Trinajstić information content (AvgIpc) is 2.79. The monoisotopic (exact) mass is 303 g/mol. The van der Waals surface area contributed by atoms with E-state index < -0.39 is 0 Å². The van der Waals surface area contributed by atoms with E-state index in [1.54, 1.807) is 17.5 Å². The van der Waals surface area contributed by atoms with E-state index in [0.717, 1.165) is 20.9 Å². The molecule has 0 bridgehead atoms. The number of anilines is 1. The molecule has 3 aromatic heterocycles. The molecule has 0 aliphatic heterocycles. The summed E-state index contributed by atoms with van der Waals surface area (Å²) >= 11 is 3.13. The van der Waals surface area contributed by atoms with Gasteiger partial charge in [0.05, 0.1) is 0 Å². The lowest BCUT2D eigenvalue weighted by atomic mass is 10.4. The Hall–Kier alpha value is -1.73. The summed E-state index contributed by atoms with van der Waals surface area (Å²) in [4.78, 5) is 19.9. The fourth-order valence-corrected chi connectivity index (χ4v) is 3.58. The van der Waals surface area contributed by atoms with Crippen molar-refractivity contribution in [2.75, 3.05) is 12.4 Å². The van der Waals surface area contributed by atoms with Crippen molar-refractivity contribution in [3.63, 3.8) is 0 Å². The second kappa shape index (κ2) is 5.34. The predicted octanol–water partition coefficient (Wildman–Crippen LogP) is 3.29. The molecule has 7 heteroatoms. The molecule has 0 aliphatic rings. The van der Waals surface area contributed by atoms with Crippen LogP contribution in [0.25, 0.3) is 10.2 Å². The van der Waals surface area contributed by atoms with E-state index in [2.05, 4.69) is 38.2 Å². The molecule has 0 saturated heterocycles. The van der Waals surface area contributed by atoms with E-state index in [1.807, 2.05) is 20.0 Å². The van der Waals surface area contributed by atoms with Crippen molar-refractivity contribution in [3.8, 4) is 0 Å². The van der Waals surface area contributed by atoms with Gasteiger partial charge in [0, 0.05) is 29.2 Å². The van der Waals surface area contributed by atoms with Gasteiger partial charge in [0.2, 0.25) is 5.95 Å². The molecule has 3 heterocycles. The maximum absolute atomic E-state index is 4.53. The Kier molecular flexibility index (Phi) is 3.54. The van der Waals surface area contributed by atoms with E-state index in [9.17, 15) is 0 Å². The molecule has 0 atom stereocenters. The summed E-state index contributed by atoms with van der Waals surface area (Å²) in [5.41, 5.74) is 0.947. The van der Waals surface area contributed by atoms with Crippen LogP contribution in [0.1, 0.15) is 10.6 Å². The Labute approximate surface area is 124 Å². The van der Waals surface area contributed by atoms with Crippen LogP contribution in [0.3, 0.4) is 0 Å². The van der Waals surface area contributed by atoms with E-state index in [1.165, 1.54) is 16.6 Å². The number of nitrogens with zero attached hydrogens (tertiary/aromatic N) is 4. The van der Waals surface area contributed by atoms with Crippen molar-refractivity contribution in [1.29, 1.82) is 0 Å². The standard InChI is InChI=1S/C13H13N5S2/c1-7-4-5-15-13(16-7)20-11-9-6-8(2)19-10(9)17-12(14-3)18-11/h4-6H,1-3H3,(H,14,17,18). The van der Waals surface area contributed by atoms with Crippen LogP contribution < -0.4 is 5.32 Å². The van der Waals surface area contributed by atoms with Crippen molar-refractivity contribution in [3.05, 3.63) is 28.9 Å². The minimum atomic E-state index is 0.620. The lowest BCUT2D eigenvalue weighted by Crippen LogP contribution is -1.97. The summed E-state index contributed by atoms with van der Waals surface area (Å²) in [5, 5.41) is 5.64. The number of nitrogens with one attached hydrogen (secondary N) is 1. The molecule has 5 nitrogen and oxygen atoms in total. The fraction of sp³-hybridized carbons (Fsp3) is 0.231. The van der Waals surface area contributed by atoms with E-state index in [4.69, 9.17) is 0 Å². The van der Waals surface area contributed by atoms with Gasteiger partial charge in [-0.3, -0.25) is 0 Å². The molecular formula is C13H13N5S2. The van der Waals surface area contributed by atoms with Gasteiger partial charge in [-0.05, 0) is 37.7 Å². The number of rotatable bonds is 3. The number of hydrogen-bond donors (Lipinski definition) is 1. The van der Waals surface area contributed by atoms with Gasteiger partial charge >= 0.3 is 0 Å². The summed E-state index contributed by atoms with van der Waals surface area (Å²) in [6, 6.07) is 3.99. The third kappa shape index (κ3) is 2.59. The molecule has 0 aromatic carbocycles. The molecule has 3 aromatic rings. The second-order valence-corrected chi connectivity index (χ2v) is 6.45. The normalized spacial score (nSPS) is 10.9. The highest BCUT2D eigenvalue weighted by Gasteiger charge is 2.12. The van der Waals surface area contributed by atoms with Crippen LogP contribution in [0, 0.1) is 13.8 Å². The van der Waals surface area contributed by atoms with Crippen LogP contribution in [0.4, 0.5) is 5.95 Å². The van der Waals surface area contributed by atoms with Crippen molar-refractivity contribution < 1.29 is 0 Å². The molecule has 3 rings (SSSR count). The summed E-state index contributed by atoms with van der Waals surface area (Å²) in [7, 11) is 1.82. The molecule has 102 valence electrons. The zero-order valence-corrected chi connectivity index (χ0v) is 13.0. The number of thiophene rings is 1. The zero-order chi connectivity index (χ0) is 14.1. The Balaban J connectivity index is 2.09. The van der Waals surface area contributed by atoms with Gasteiger partial charge in [-0.15, -0.1) is 11.3 Å². The van der Waals surface area contributed by atoms with Crippen LogP contribution in [-0.2, 0) is 0 Å². The highest BCUT2D eigenvalue weighted by Crippen LogP contribution is 2.34. The SMILES string of the molecule is CNc1nc(Sc2nccc(C)n2)c2cc(C)sc2n1. The van der Waals surface area contributed by atoms with Crippen LogP contribution in [0.2, 0.25) is 0 Å². The quantitative estimate of drug-likeness (QED) is 0.592. The van der Waals surface area contributed by atoms with E-state index >= 15 is 0 Å². The largest absolute Gasteiger partial charge is 0.357 e. The first-order chi connectivity index (χ1) is 9.65. The smallest absolute Gasteiger partial charge is 0.224 e. The van der Waals surface area contributed by atoms with Crippen molar-refractivity contribution in [1.82, 2.24) is 19.9 Å². The fourth-order valence-electron chi connectivity index (χ4n) is 1.77. The molecule has 0 unspecified atom stereocenters. The van der Waals surface area contributed by atoms with Gasteiger partial charge in [-0.1, -0.05) is 0 Å². The summed E-state index contributed by atoms with van der Waals surface area (Å²) in [6.45, 7) is 4.03. The summed E-state index contributed by atoms with van der Waals surface area (Å²) < 4.78 is 0. The molecule has 20 heavy (non-hydrogen) atoms. The first-order valence-corrected chi connectivity index (χ1v) is 7.72. The summed E-state index contributed by atoms with van der Waals surface area (Å²) in [6.07, 6.45) is 1.76. The highest BCUT2D eigenvalue weighted by molar-refractivity contribution is 7.99. The van der Waals surface area contributed by atoms with Gasteiger partial charge in [0.25, 0.3) is 0 Å². The summed E-state index contributed by atoms with van der Waals surface area (Å²) in [5.74, 6) is 0.620. The number of fused-ring (bicyclic) bond motifs is 1. The van der Waals surface area contributed by atoms with E-state index in [0.29, 0.717) is 11.1 Å². The Morgan fingerprint density at radius 2 is 2.05 bits per heavy atom. The third-order valence-electron chi connectivity index (χ3n) is 2.67. The van der Waals surface area contributed by atoms with Crippen LogP contribution in [0.15, 0.2) is 28.5 Å². The number of aryl methyl sites for hydroxylation is 2. The predicted molar refractivity (Wildman–Crippen MR) is 82.6 cm³/mol. The van der Waals surface area contributed by atoms with Gasteiger partial charge < -0.3 is 5.32 Å². The first-order valence-electron chi connectivity index (χ1n) is 6.09. The van der Waals surface area contributed by atoms with Crippen LogP contribution >= 0.6 is 23.1 Å². The molecule has 1 N–H and O–H groups in total. The zero-order valence-electron chi connectivity index (χ0n) is 11.3. The highest BCUT2D eigenvalue weighted by atomic mass is 32.2. The lowest BCUT2D eigenvalue weighted by molar-refractivity contribution is 0.928. The van der Waals surface area contributed by atoms with Crippen LogP contribution in [0.5, 0.6) is 0 Å². The maximum Gasteiger partial charge on any atom is 0.224 e. The van der Waals surface area contributed by atoms with Crippen molar-refractivity contribution in [2.45, 2.75) is 24.0 Å². The van der Waals surface area contributed by atoms with E-state index in [-0.39, 0.29) is 0 Å². The Bertz CT molecular complexity index is 769. The lowest BCUT2D eigenvalue weighted by Gasteiger charge is -2.04. The molecular weight excluding hydrogens is 290 g/mol. The molecule has 0 saturated carbocycles. The van der Waals surface area contributed by atoms with Gasteiger partial charge in [-0.25, -0.2) is 19.9 Å². The molecule has 0 spiro atoms. The Morgan fingerprint density at radius 1 is 1.20 bits per heavy atom. The number of hydrogen-bond acceptors (Lipinski definition) is 7. The maximum atomic E-state index is 4.53. The Morgan fingerprint density at radius 3 is 2.80 bits per heavy atom. The van der Waals surface area contributed by atoms with Gasteiger partial charge in [0.15, 0.2) is 5.16 Å². The molecule has 0 radical (unpaired) electrons. The van der Waals surface area contributed by atoms with Crippen molar-refractivity contribution in [2.24, 2.45) is 0 Å². The second-order valence-electron chi connectivity index (χ2n) is 4.26. The van der Waals surface area contributed by atoms with Crippen molar-refractivity contribution >= 4 is 39.3 Å². The average molecular weight is 303 g/mol. The third-order valence-corrected chi connectivity index (χ3v) is 4.49. The molecule has 0 amide bonds. The minimum Gasteiger partial charge on any atom is -0.357 e. The molecule has 0 fully saturated rings. The topological polar surface area (TPSA) is 63.6 Å². The van der Waals surface area contributed by atoms with Gasteiger partial charge in [-0.2, -0.15) is 0 Å². The number of aromatic nitrogens is 4. The molecule has 0 aliphatic carbocycles. The van der Waals surface area contributed by atoms with Crippen LogP contribution in [-0.4, -0.2) is 27.0 Å². The minimum absolute atomic E-state index is 0.620.